The number of carbonyl (C=O) groups is 1. The van der Waals surface area contributed by atoms with Gasteiger partial charge in [0.2, 0.25) is 5.95 Å². The largest absolute Gasteiger partial charge is 0.420 e. The Balaban J connectivity index is 1.40. The van der Waals surface area contributed by atoms with Crippen LogP contribution in [-0.4, -0.2) is 57.4 Å². The molecule has 0 radical (unpaired) electrons. The van der Waals surface area contributed by atoms with Crippen molar-refractivity contribution in [3.8, 4) is 10.6 Å². The highest BCUT2D eigenvalue weighted by atomic mass is 32.2. The fourth-order valence-electron chi connectivity index (χ4n) is 4.70. The minimum atomic E-state index is -4.70. The van der Waals surface area contributed by atoms with Gasteiger partial charge in [-0.15, -0.1) is 11.3 Å². The van der Waals surface area contributed by atoms with Crippen LogP contribution < -0.4 is 10.2 Å². The Labute approximate surface area is 224 Å². The Morgan fingerprint density at radius 3 is 2.58 bits per heavy atom. The van der Waals surface area contributed by atoms with Crippen molar-refractivity contribution in [2.24, 2.45) is 0 Å². The molecule has 0 spiro atoms. The molecule has 1 aliphatic heterocycles. The number of nitrogens with one attached hydrogen (secondary N) is 1. The number of fused-ring (bicyclic) bond motifs is 1. The van der Waals surface area contributed by atoms with Crippen molar-refractivity contribution >= 4 is 45.4 Å². The number of carbonyl (C=O) groups excluding carboxylic acids is 1. The molecule has 1 amide bonds. The normalized spacial score (nSPS) is 19.8. The summed E-state index contributed by atoms with van der Waals surface area (Å²) in [7, 11) is 2.42. The third-order valence-electron chi connectivity index (χ3n) is 7.05. The Kier molecular flexibility index (Phi) is 6.21. The summed E-state index contributed by atoms with van der Waals surface area (Å²) in [4.78, 5) is 25.9. The minimum Gasteiger partial charge on any atom is -0.378 e. The second-order valence-electron chi connectivity index (χ2n) is 10.1. The van der Waals surface area contributed by atoms with E-state index in [1.165, 1.54) is 6.07 Å². The molecule has 200 valence electrons. The number of aromatic nitrogens is 2. The van der Waals surface area contributed by atoms with E-state index in [1.807, 2.05) is 31.1 Å². The molecule has 3 aromatic rings. The van der Waals surface area contributed by atoms with E-state index in [0.29, 0.717) is 12.5 Å². The zero-order valence-electron chi connectivity index (χ0n) is 20.8. The van der Waals surface area contributed by atoms with E-state index in [-0.39, 0.29) is 44.0 Å². The number of thiophene rings is 1. The van der Waals surface area contributed by atoms with Gasteiger partial charge in [-0.3, -0.25) is 9.00 Å². The van der Waals surface area contributed by atoms with Gasteiger partial charge in [0.15, 0.2) is 0 Å². The van der Waals surface area contributed by atoms with Crippen LogP contribution in [0.3, 0.4) is 0 Å². The number of hydrogen-bond acceptors (Lipinski definition) is 7. The second-order valence-corrected chi connectivity index (χ2v) is 12.7. The van der Waals surface area contributed by atoms with E-state index in [9.17, 15) is 22.2 Å². The molecule has 3 aliphatic rings. The van der Waals surface area contributed by atoms with Gasteiger partial charge in [-0.1, -0.05) is 0 Å². The van der Waals surface area contributed by atoms with E-state index in [4.69, 9.17) is 0 Å². The number of halogens is 3. The van der Waals surface area contributed by atoms with Crippen LogP contribution in [0.5, 0.6) is 0 Å². The van der Waals surface area contributed by atoms with Gasteiger partial charge in [-0.05, 0) is 61.4 Å². The summed E-state index contributed by atoms with van der Waals surface area (Å²) in [5, 5.41) is 3.13. The van der Waals surface area contributed by atoms with Crippen molar-refractivity contribution in [2.75, 3.05) is 36.6 Å². The van der Waals surface area contributed by atoms with E-state index >= 15 is 0 Å². The van der Waals surface area contributed by atoms with E-state index in [2.05, 4.69) is 21.4 Å². The molecule has 2 aliphatic carbocycles. The predicted molar refractivity (Wildman–Crippen MR) is 142 cm³/mol. The second kappa shape index (κ2) is 9.33. The van der Waals surface area contributed by atoms with Crippen LogP contribution in [0.15, 0.2) is 35.4 Å². The number of alkyl halides is 3. The lowest BCUT2D eigenvalue weighted by atomic mass is 10.1. The monoisotopic (exact) mass is 561 g/mol. The molecule has 2 aromatic heterocycles. The highest BCUT2D eigenvalue weighted by Gasteiger charge is 2.40. The molecule has 0 saturated heterocycles. The lowest BCUT2D eigenvalue weighted by Gasteiger charge is -2.19. The van der Waals surface area contributed by atoms with Gasteiger partial charge in [0.25, 0.3) is 5.91 Å². The van der Waals surface area contributed by atoms with Crippen molar-refractivity contribution in [3.63, 3.8) is 0 Å². The van der Waals surface area contributed by atoms with Crippen molar-refractivity contribution in [3.05, 3.63) is 46.5 Å². The molecule has 12 heteroatoms. The fourth-order valence-corrected chi connectivity index (χ4v) is 7.32. The summed E-state index contributed by atoms with van der Waals surface area (Å²) in [6.07, 6.45) is -0.0449. The van der Waals surface area contributed by atoms with Crippen LogP contribution in [0.1, 0.15) is 52.4 Å². The van der Waals surface area contributed by atoms with Gasteiger partial charge in [-0.2, -0.15) is 13.2 Å². The van der Waals surface area contributed by atoms with Gasteiger partial charge < -0.3 is 15.1 Å². The summed E-state index contributed by atoms with van der Waals surface area (Å²) in [5.41, 5.74) is 1.53. The average Bonchev–Trinajstić information content (AvgIpc) is 3.80. The number of benzene rings is 1. The first-order valence-corrected chi connectivity index (χ1v) is 14.6. The molecule has 38 heavy (non-hydrogen) atoms. The van der Waals surface area contributed by atoms with Gasteiger partial charge in [-0.25, -0.2) is 9.97 Å². The summed E-state index contributed by atoms with van der Waals surface area (Å²) in [5.74, 6) is 0.416. The first kappa shape index (κ1) is 25.3. The molecule has 2 fully saturated rings. The third kappa shape index (κ3) is 4.79. The minimum absolute atomic E-state index is 0.0307. The average molecular weight is 562 g/mol. The summed E-state index contributed by atoms with van der Waals surface area (Å²) >= 11 is 0.923. The maximum atomic E-state index is 14.0. The van der Waals surface area contributed by atoms with Crippen molar-refractivity contribution in [2.45, 2.75) is 48.7 Å². The Hall–Kier alpha value is -2.99. The lowest BCUT2D eigenvalue weighted by Crippen LogP contribution is -2.33. The van der Waals surface area contributed by atoms with Crippen molar-refractivity contribution < 1.29 is 22.2 Å². The summed E-state index contributed by atoms with van der Waals surface area (Å²) in [6.45, 7) is 0.387. The number of rotatable bonds is 6. The molecule has 3 heterocycles. The van der Waals surface area contributed by atoms with Gasteiger partial charge >= 0.3 is 6.18 Å². The molecule has 0 bridgehead atoms. The van der Waals surface area contributed by atoms with Crippen LogP contribution in [0, 0.1) is 0 Å². The molecule has 1 aromatic carbocycles. The summed E-state index contributed by atoms with van der Waals surface area (Å²) < 4.78 is 55.0. The Bertz CT molecular complexity index is 1450. The van der Waals surface area contributed by atoms with Crippen molar-refractivity contribution in [1.82, 2.24) is 14.9 Å². The molecule has 7 nitrogen and oxygen atoms in total. The van der Waals surface area contributed by atoms with Gasteiger partial charge in [0, 0.05) is 50.0 Å². The third-order valence-corrected chi connectivity index (χ3v) is 9.67. The van der Waals surface area contributed by atoms with E-state index in [1.54, 1.807) is 4.90 Å². The maximum Gasteiger partial charge on any atom is 0.420 e. The highest BCUT2D eigenvalue weighted by Crippen LogP contribution is 2.46. The standard InChI is InChI=1S/C26H26F3N5O2S2/c1-33(2)16-7-8-19(17(11-16)14-3-4-14)31-25-30-13-18(26(27,28)29)22(32-25)20-12-21-23(37-20)24(35)34(15-5-6-15)9-10-38(21)36/h7-8,11-15H,3-6,9-10H2,1-2H3,(H,30,31,32). The lowest BCUT2D eigenvalue weighted by molar-refractivity contribution is -0.137. The predicted octanol–water partition coefficient (Wildman–Crippen LogP) is 5.64. The van der Waals surface area contributed by atoms with Crippen LogP contribution in [0.4, 0.5) is 30.5 Å². The van der Waals surface area contributed by atoms with E-state index < -0.39 is 22.5 Å². The first-order valence-electron chi connectivity index (χ1n) is 12.5. The summed E-state index contributed by atoms with van der Waals surface area (Å²) in [6, 6.07) is 7.46. The molecular formula is C26H26F3N5O2S2. The van der Waals surface area contributed by atoms with Crippen LogP contribution in [-0.2, 0) is 17.0 Å². The zero-order valence-corrected chi connectivity index (χ0v) is 22.5. The van der Waals surface area contributed by atoms with Crippen LogP contribution >= 0.6 is 11.3 Å². The SMILES string of the molecule is CN(C)c1ccc(Nc2ncc(C(F)(F)F)c(-c3cc4c(s3)C(=O)N(C3CC3)CCS4=O)n2)c(C2CC2)c1. The van der Waals surface area contributed by atoms with Crippen LogP contribution in [0.2, 0.25) is 0 Å². The zero-order chi connectivity index (χ0) is 26.8. The van der Waals surface area contributed by atoms with Gasteiger partial charge in [0.05, 0.1) is 26.3 Å². The number of nitrogens with zero attached hydrogens (tertiary/aromatic N) is 4. The molecular weight excluding hydrogens is 535 g/mol. The maximum absolute atomic E-state index is 14.0. The Morgan fingerprint density at radius 2 is 1.92 bits per heavy atom. The number of amides is 1. The van der Waals surface area contributed by atoms with E-state index in [0.717, 1.165) is 60.2 Å². The number of anilines is 3. The molecule has 1 N–H and O–H groups in total. The first-order chi connectivity index (χ1) is 18.1. The van der Waals surface area contributed by atoms with Crippen LogP contribution in [0.25, 0.3) is 10.6 Å². The van der Waals surface area contributed by atoms with Crippen molar-refractivity contribution in [1.29, 1.82) is 0 Å². The molecule has 1 atom stereocenters. The fraction of sp³-hybridized carbons (Fsp3) is 0.423. The quantitative estimate of drug-likeness (QED) is 0.420. The molecule has 6 rings (SSSR count). The topological polar surface area (TPSA) is 78.4 Å². The highest BCUT2D eigenvalue weighted by molar-refractivity contribution is 7.85. The number of hydrogen-bond donors (Lipinski definition) is 1. The van der Waals surface area contributed by atoms with Gasteiger partial charge in [0.1, 0.15) is 10.4 Å². The Morgan fingerprint density at radius 1 is 1.16 bits per heavy atom. The smallest absolute Gasteiger partial charge is 0.378 e. The molecule has 2 saturated carbocycles. The molecule has 1 unspecified atom stereocenters.